The van der Waals surface area contributed by atoms with Crippen LogP contribution < -0.4 is 0 Å². The van der Waals surface area contributed by atoms with Gasteiger partial charge in [-0.05, 0) is 19.3 Å². The molecule has 1 fully saturated rings. The summed E-state index contributed by atoms with van der Waals surface area (Å²) in [7, 11) is 2.08. The Morgan fingerprint density at radius 2 is 2.45 bits per heavy atom. The molecule has 0 bridgehead atoms. The summed E-state index contributed by atoms with van der Waals surface area (Å²) in [4.78, 5) is 6.09. The zero-order valence-corrected chi connectivity index (χ0v) is 7.01. The number of likely N-dealkylation sites (tertiary alicyclic amines) is 1. The van der Waals surface area contributed by atoms with E-state index < -0.39 is 0 Å². The van der Waals surface area contributed by atoms with Gasteiger partial charge in [-0.1, -0.05) is 6.58 Å². The van der Waals surface area contributed by atoms with E-state index in [-0.39, 0.29) is 0 Å². The molecule has 0 spiro atoms. The highest BCUT2D eigenvalue weighted by Gasteiger charge is 2.09. The van der Waals surface area contributed by atoms with Crippen LogP contribution >= 0.6 is 0 Å². The summed E-state index contributed by atoms with van der Waals surface area (Å²) < 4.78 is 0. The lowest BCUT2D eigenvalue weighted by Crippen LogP contribution is -2.23. The van der Waals surface area contributed by atoms with Gasteiger partial charge in [-0.3, -0.25) is 0 Å². The van der Waals surface area contributed by atoms with E-state index in [4.69, 9.17) is 0 Å². The summed E-state index contributed by atoms with van der Waals surface area (Å²) in [6, 6.07) is 0. The zero-order chi connectivity index (χ0) is 8.10. The van der Waals surface area contributed by atoms with Gasteiger partial charge in [0.2, 0.25) is 0 Å². The Kier molecular flexibility index (Phi) is 2.94. The molecule has 0 aromatic rings. The second-order valence-electron chi connectivity index (χ2n) is 2.75. The first-order chi connectivity index (χ1) is 5.34. The number of aliphatic imine (C=N–C) groups is 1. The van der Waals surface area contributed by atoms with Crippen molar-refractivity contribution in [2.24, 2.45) is 4.99 Å². The molecule has 0 amide bonds. The molecule has 0 radical (unpaired) electrons. The fourth-order valence-corrected chi connectivity index (χ4v) is 1.23. The lowest BCUT2D eigenvalue weighted by Gasteiger charge is -2.24. The Morgan fingerprint density at radius 3 is 3.09 bits per heavy atom. The summed E-state index contributed by atoms with van der Waals surface area (Å²) in [6.45, 7) is 4.64. The zero-order valence-electron chi connectivity index (χ0n) is 7.01. The van der Waals surface area contributed by atoms with Crippen molar-refractivity contribution in [3.63, 3.8) is 0 Å². The summed E-state index contributed by atoms with van der Waals surface area (Å²) in [6.07, 6.45) is 5.18. The minimum absolute atomic E-state index is 1.10. The molecule has 1 aliphatic rings. The van der Waals surface area contributed by atoms with E-state index in [2.05, 4.69) is 29.4 Å². The van der Waals surface area contributed by atoms with Gasteiger partial charge >= 0.3 is 0 Å². The molecule has 0 aromatic heterocycles. The third-order valence-electron chi connectivity index (χ3n) is 1.90. The van der Waals surface area contributed by atoms with Crippen molar-refractivity contribution in [1.82, 2.24) is 4.90 Å². The van der Waals surface area contributed by atoms with Gasteiger partial charge in [0.15, 0.2) is 0 Å². The standard InChI is InChI=1S/C9H14N2/c1-3-10-8-9-6-4-5-7-11(9)2/h3H,1,4-7H2,2H3. The van der Waals surface area contributed by atoms with Crippen LogP contribution in [0.2, 0.25) is 0 Å². The molecule has 1 heterocycles. The Bertz CT molecular complexity index is 200. The van der Waals surface area contributed by atoms with E-state index in [9.17, 15) is 0 Å². The maximum absolute atomic E-state index is 3.88. The predicted molar refractivity (Wildman–Crippen MR) is 47.6 cm³/mol. The van der Waals surface area contributed by atoms with Crippen molar-refractivity contribution in [2.75, 3.05) is 13.6 Å². The molecular formula is C9H14N2. The van der Waals surface area contributed by atoms with Crippen LogP contribution in [0.1, 0.15) is 19.3 Å². The van der Waals surface area contributed by atoms with Gasteiger partial charge < -0.3 is 4.90 Å². The van der Waals surface area contributed by atoms with Crippen molar-refractivity contribution < 1.29 is 0 Å². The molecule has 0 saturated carbocycles. The lowest BCUT2D eigenvalue weighted by molar-refractivity contribution is 0.351. The van der Waals surface area contributed by atoms with E-state index >= 15 is 0 Å². The Labute approximate surface area is 67.9 Å². The van der Waals surface area contributed by atoms with Gasteiger partial charge in [-0.25, -0.2) is 4.99 Å². The number of hydrogen-bond acceptors (Lipinski definition) is 2. The Balaban J connectivity index is 2.68. The van der Waals surface area contributed by atoms with Gasteiger partial charge in [0, 0.05) is 25.7 Å². The molecule has 11 heavy (non-hydrogen) atoms. The quantitative estimate of drug-likeness (QED) is 0.520. The van der Waals surface area contributed by atoms with Gasteiger partial charge in [0.05, 0.1) is 5.70 Å². The van der Waals surface area contributed by atoms with Crippen molar-refractivity contribution in [3.8, 4) is 0 Å². The van der Waals surface area contributed by atoms with Gasteiger partial charge in [0.25, 0.3) is 0 Å². The predicted octanol–water partition coefficient (Wildman–Crippen LogP) is 1.80. The van der Waals surface area contributed by atoms with Gasteiger partial charge in [-0.2, -0.15) is 0 Å². The summed E-state index contributed by atoms with van der Waals surface area (Å²) in [5.41, 5.74) is 1.20. The molecule has 2 heteroatoms. The maximum Gasteiger partial charge on any atom is 0.0758 e. The molecule has 0 N–H and O–H groups in total. The van der Waals surface area contributed by atoms with Crippen molar-refractivity contribution in [1.29, 1.82) is 0 Å². The average molecular weight is 150 g/mol. The second-order valence-corrected chi connectivity index (χ2v) is 2.75. The van der Waals surface area contributed by atoms with Crippen LogP contribution in [0.25, 0.3) is 0 Å². The molecule has 0 aliphatic carbocycles. The van der Waals surface area contributed by atoms with E-state index in [1.807, 2.05) is 0 Å². The first kappa shape index (κ1) is 8.09. The van der Waals surface area contributed by atoms with E-state index in [0.717, 1.165) is 13.0 Å². The van der Waals surface area contributed by atoms with Crippen LogP contribution in [-0.2, 0) is 0 Å². The molecule has 60 valence electrons. The van der Waals surface area contributed by atoms with Crippen LogP contribution in [0, 0.1) is 0 Å². The third-order valence-corrected chi connectivity index (χ3v) is 1.90. The van der Waals surface area contributed by atoms with Crippen LogP contribution in [0.5, 0.6) is 0 Å². The second kappa shape index (κ2) is 3.99. The molecule has 2 nitrogen and oxygen atoms in total. The fraction of sp³-hybridized carbons (Fsp3) is 0.556. The minimum Gasteiger partial charge on any atom is -0.370 e. The normalized spacial score (nSPS) is 17.5. The van der Waals surface area contributed by atoms with E-state index in [0.29, 0.717) is 0 Å². The summed E-state index contributed by atoms with van der Waals surface area (Å²) in [5, 5.41) is 0. The smallest absolute Gasteiger partial charge is 0.0758 e. The lowest BCUT2D eigenvalue weighted by atomic mass is 10.1. The molecule has 1 rings (SSSR count). The van der Waals surface area contributed by atoms with Crippen LogP contribution in [0.4, 0.5) is 0 Å². The molecule has 1 aliphatic heterocycles. The van der Waals surface area contributed by atoms with E-state index in [1.54, 1.807) is 0 Å². The summed E-state index contributed by atoms with van der Waals surface area (Å²) >= 11 is 0. The molecular weight excluding hydrogens is 136 g/mol. The monoisotopic (exact) mass is 150 g/mol. The topological polar surface area (TPSA) is 15.6 Å². The van der Waals surface area contributed by atoms with Crippen molar-refractivity contribution in [3.05, 3.63) is 18.5 Å². The third kappa shape index (κ3) is 2.24. The fourth-order valence-electron chi connectivity index (χ4n) is 1.23. The number of rotatable bonds is 1. The Morgan fingerprint density at radius 1 is 1.64 bits per heavy atom. The maximum atomic E-state index is 3.88. The number of piperidine rings is 1. The summed E-state index contributed by atoms with van der Waals surface area (Å²) in [5.74, 6) is 2.97. The molecule has 0 atom stereocenters. The Hall–Kier alpha value is -1.01. The highest BCUT2D eigenvalue weighted by molar-refractivity contribution is 5.58. The number of nitrogens with zero attached hydrogens (tertiary/aromatic N) is 2. The average Bonchev–Trinajstić information content (AvgIpc) is 2.03. The van der Waals surface area contributed by atoms with Crippen LogP contribution in [-0.4, -0.2) is 24.4 Å². The number of allylic oxidation sites excluding steroid dienone is 1. The van der Waals surface area contributed by atoms with Crippen molar-refractivity contribution >= 4 is 5.87 Å². The number of hydrogen-bond donors (Lipinski definition) is 0. The van der Waals surface area contributed by atoms with Crippen LogP contribution in [0.15, 0.2) is 23.5 Å². The largest absolute Gasteiger partial charge is 0.370 e. The minimum atomic E-state index is 1.10. The van der Waals surface area contributed by atoms with Gasteiger partial charge in [-0.15, -0.1) is 0 Å². The SMILES string of the molecule is C=CN=C=C1CCCCN1C. The highest BCUT2D eigenvalue weighted by Crippen LogP contribution is 2.15. The highest BCUT2D eigenvalue weighted by atomic mass is 15.1. The van der Waals surface area contributed by atoms with Gasteiger partial charge in [0.1, 0.15) is 0 Å². The van der Waals surface area contributed by atoms with Crippen molar-refractivity contribution in [2.45, 2.75) is 19.3 Å². The first-order valence-electron chi connectivity index (χ1n) is 3.98. The van der Waals surface area contributed by atoms with E-state index in [1.165, 1.54) is 24.7 Å². The molecule has 1 saturated heterocycles. The molecule has 0 unspecified atom stereocenters. The first-order valence-corrected chi connectivity index (χ1v) is 3.98. The van der Waals surface area contributed by atoms with Crippen LogP contribution in [0.3, 0.4) is 0 Å². The molecule has 0 aromatic carbocycles.